The molecule has 1 aliphatic carbocycles. The zero-order valence-corrected chi connectivity index (χ0v) is 13.2. The van der Waals surface area contributed by atoms with Gasteiger partial charge in [-0.15, -0.1) is 0 Å². The second kappa shape index (κ2) is 6.12. The molecule has 24 heavy (non-hydrogen) atoms. The van der Waals surface area contributed by atoms with Crippen molar-refractivity contribution in [3.05, 3.63) is 55.4 Å². The van der Waals surface area contributed by atoms with Gasteiger partial charge in [0.2, 0.25) is 0 Å². The number of nitrogens with one attached hydrogen (secondary N) is 2. The Morgan fingerprint density at radius 3 is 2.75 bits per heavy atom. The summed E-state index contributed by atoms with van der Waals surface area (Å²) in [4.78, 5) is 38.2. The smallest absolute Gasteiger partial charge is 0.330 e. The van der Waals surface area contributed by atoms with Crippen molar-refractivity contribution in [2.75, 3.05) is 17.6 Å². The highest BCUT2D eigenvalue weighted by Crippen LogP contribution is 2.35. The molecule has 1 heterocycles. The van der Waals surface area contributed by atoms with Crippen molar-refractivity contribution >= 4 is 28.9 Å². The summed E-state index contributed by atoms with van der Waals surface area (Å²) in [5.41, 5.74) is 4.58. The van der Waals surface area contributed by atoms with Gasteiger partial charge in [-0.3, -0.25) is 19.1 Å². The number of rotatable bonds is 5. The molecule has 0 aliphatic heterocycles. The third kappa shape index (κ3) is 3.05. The number of hydrogen-bond donors (Lipinski definition) is 3. The van der Waals surface area contributed by atoms with Crippen molar-refractivity contribution in [2.45, 2.75) is 18.9 Å². The summed E-state index contributed by atoms with van der Waals surface area (Å²) in [6.07, 6.45) is 1.55. The van der Waals surface area contributed by atoms with E-state index in [1.54, 1.807) is 0 Å². The van der Waals surface area contributed by atoms with Gasteiger partial charge in [0.05, 0.1) is 11.6 Å². The van der Waals surface area contributed by atoms with Crippen LogP contribution in [0, 0.1) is 5.82 Å². The van der Waals surface area contributed by atoms with Gasteiger partial charge in [-0.25, -0.2) is 9.18 Å². The summed E-state index contributed by atoms with van der Waals surface area (Å²) < 4.78 is 14.4. The Balaban J connectivity index is 1.85. The zero-order chi connectivity index (χ0) is 17.4. The number of ketones is 1. The minimum absolute atomic E-state index is 0.0789. The van der Waals surface area contributed by atoms with Gasteiger partial charge in [-0.05, 0) is 31.0 Å². The molecule has 1 saturated carbocycles. The summed E-state index contributed by atoms with van der Waals surface area (Å²) in [6, 6.07) is 3.81. The van der Waals surface area contributed by atoms with Crippen molar-refractivity contribution in [1.82, 2.24) is 9.55 Å². The molecule has 0 spiro atoms. The molecule has 0 radical (unpaired) electrons. The second-order valence-electron chi connectivity index (χ2n) is 5.53. The van der Waals surface area contributed by atoms with Crippen molar-refractivity contribution in [3.8, 4) is 0 Å². The fraction of sp³-hybridized carbons (Fsp3) is 0.267. The van der Waals surface area contributed by atoms with E-state index < -0.39 is 22.8 Å². The summed E-state index contributed by atoms with van der Waals surface area (Å²) >= 11 is 5.66. The number of carbonyl (C=O) groups excluding carboxylic acids is 1. The van der Waals surface area contributed by atoms with Crippen LogP contribution in [0.15, 0.2) is 27.8 Å². The highest BCUT2D eigenvalue weighted by Gasteiger charge is 2.29. The molecule has 1 aromatic heterocycles. The molecule has 0 amide bonds. The van der Waals surface area contributed by atoms with Crippen molar-refractivity contribution in [2.24, 2.45) is 0 Å². The quantitative estimate of drug-likeness (QED) is 0.707. The lowest BCUT2D eigenvalue weighted by atomic mass is 10.2. The number of Topliss-reactive ketones (excluding diaryl/α,β-unsaturated/α-hetero) is 1. The number of benzene rings is 1. The van der Waals surface area contributed by atoms with E-state index in [0.29, 0.717) is 5.69 Å². The minimum atomic E-state index is -0.821. The first-order valence-corrected chi connectivity index (χ1v) is 7.62. The van der Waals surface area contributed by atoms with Gasteiger partial charge in [-0.1, -0.05) is 11.6 Å². The van der Waals surface area contributed by atoms with Crippen LogP contribution in [0.5, 0.6) is 0 Å². The molecule has 0 bridgehead atoms. The van der Waals surface area contributed by atoms with Gasteiger partial charge in [0, 0.05) is 11.7 Å². The molecule has 2 aromatic rings. The number of nitrogens with zero attached hydrogens (tertiary/aromatic N) is 1. The van der Waals surface area contributed by atoms with Gasteiger partial charge in [0.25, 0.3) is 5.56 Å². The fourth-order valence-corrected chi connectivity index (χ4v) is 2.59. The molecule has 4 N–H and O–H groups in total. The van der Waals surface area contributed by atoms with E-state index >= 15 is 0 Å². The molecule has 9 heteroatoms. The first-order valence-electron chi connectivity index (χ1n) is 7.25. The largest absolute Gasteiger partial charge is 0.384 e. The van der Waals surface area contributed by atoms with E-state index in [-0.39, 0.29) is 29.0 Å². The first-order chi connectivity index (χ1) is 11.4. The van der Waals surface area contributed by atoms with Crippen LogP contribution in [0.25, 0.3) is 0 Å². The van der Waals surface area contributed by atoms with E-state index in [2.05, 4.69) is 10.3 Å². The fourth-order valence-electron chi connectivity index (χ4n) is 2.41. The van der Waals surface area contributed by atoms with Crippen LogP contribution in [-0.2, 0) is 0 Å². The molecule has 1 aliphatic rings. The van der Waals surface area contributed by atoms with Crippen LogP contribution in [0.3, 0.4) is 0 Å². The number of halogens is 2. The number of H-pyrrole nitrogens is 1. The molecule has 1 aromatic carbocycles. The van der Waals surface area contributed by atoms with E-state index in [0.717, 1.165) is 18.9 Å². The van der Waals surface area contributed by atoms with Crippen LogP contribution in [0.4, 0.5) is 15.9 Å². The van der Waals surface area contributed by atoms with Gasteiger partial charge >= 0.3 is 5.69 Å². The number of nitrogen functional groups attached to an aromatic ring is 1. The zero-order valence-electron chi connectivity index (χ0n) is 12.4. The molecule has 1 fully saturated rings. The lowest BCUT2D eigenvalue weighted by Gasteiger charge is -2.12. The molecular weight excluding hydrogens is 339 g/mol. The minimum Gasteiger partial charge on any atom is -0.384 e. The standard InChI is InChI=1S/C15H14ClFN4O3/c16-9-5-7(1-4-10(9)17)19-6-11(22)12-13(18)21(8-2-3-8)15(24)20-14(12)23/h1,4-5,8,19H,2-3,6,18H2,(H,20,23,24). The van der Waals surface area contributed by atoms with Crippen molar-refractivity contribution in [1.29, 1.82) is 0 Å². The maximum Gasteiger partial charge on any atom is 0.330 e. The molecule has 126 valence electrons. The van der Waals surface area contributed by atoms with Gasteiger partial charge in [0.1, 0.15) is 17.2 Å². The van der Waals surface area contributed by atoms with Crippen LogP contribution >= 0.6 is 11.6 Å². The number of aromatic nitrogens is 2. The third-order valence-electron chi connectivity index (χ3n) is 3.75. The Bertz CT molecular complexity index is 933. The third-order valence-corrected chi connectivity index (χ3v) is 4.04. The molecule has 7 nitrogen and oxygen atoms in total. The van der Waals surface area contributed by atoms with E-state index in [1.165, 1.54) is 16.7 Å². The van der Waals surface area contributed by atoms with E-state index in [1.807, 2.05) is 0 Å². The van der Waals surface area contributed by atoms with E-state index in [4.69, 9.17) is 17.3 Å². The topological polar surface area (TPSA) is 110 Å². The molecule has 0 saturated heterocycles. The van der Waals surface area contributed by atoms with Crippen molar-refractivity contribution in [3.63, 3.8) is 0 Å². The summed E-state index contributed by atoms with van der Waals surface area (Å²) in [7, 11) is 0. The normalized spacial score (nSPS) is 13.8. The Morgan fingerprint density at radius 1 is 1.42 bits per heavy atom. The Hall–Kier alpha value is -2.61. The SMILES string of the molecule is Nc1c(C(=O)CNc2ccc(F)c(Cl)c2)c(=O)[nH]c(=O)n1C1CC1. The Morgan fingerprint density at radius 2 is 2.12 bits per heavy atom. The number of hydrogen-bond acceptors (Lipinski definition) is 5. The van der Waals surface area contributed by atoms with Gasteiger partial charge < -0.3 is 11.1 Å². The van der Waals surface area contributed by atoms with Crippen molar-refractivity contribution < 1.29 is 9.18 Å². The summed E-state index contributed by atoms with van der Waals surface area (Å²) in [5, 5.41) is 2.66. The number of aromatic amines is 1. The Labute approximate surface area is 140 Å². The van der Waals surface area contributed by atoms with E-state index in [9.17, 15) is 18.8 Å². The predicted octanol–water partition coefficient (Wildman–Crippen LogP) is 1.54. The lowest BCUT2D eigenvalue weighted by molar-refractivity contribution is 0.100. The molecule has 0 unspecified atom stereocenters. The second-order valence-corrected chi connectivity index (χ2v) is 5.93. The summed E-state index contributed by atoms with van der Waals surface area (Å²) in [6.45, 7) is -0.252. The highest BCUT2D eigenvalue weighted by atomic mass is 35.5. The Kier molecular flexibility index (Phi) is 4.15. The van der Waals surface area contributed by atoms with Crippen LogP contribution in [0.1, 0.15) is 29.2 Å². The number of carbonyl (C=O) groups is 1. The van der Waals surface area contributed by atoms with Crippen LogP contribution in [0.2, 0.25) is 5.02 Å². The van der Waals surface area contributed by atoms with Crippen LogP contribution < -0.4 is 22.3 Å². The predicted molar refractivity (Wildman–Crippen MR) is 88.2 cm³/mol. The maximum absolute atomic E-state index is 13.1. The van der Waals surface area contributed by atoms with Crippen LogP contribution in [-0.4, -0.2) is 21.9 Å². The van der Waals surface area contributed by atoms with Gasteiger partial charge in [-0.2, -0.15) is 0 Å². The average Bonchev–Trinajstić information content (AvgIpc) is 3.32. The maximum atomic E-state index is 13.1. The summed E-state index contributed by atoms with van der Waals surface area (Å²) in [5.74, 6) is -1.29. The molecule has 3 rings (SSSR count). The number of nitrogens with two attached hydrogens (primary N) is 1. The highest BCUT2D eigenvalue weighted by molar-refractivity contribution is 6.31. The van der Waals surface area contributed by atoms with Gasteiger partial charge in [0.15, 0.2) is 5.78 Å². The molecular formula is C15H14ClFN4O3. The first kappa shape index (κ1) is 16.3. The lowest BCUT2D eigenvalue weighted by Crippen LogP contribution is -2.37. The number of anilines is 2. The molecule has 0 atom stereocenters. The monoisotopic (exact) mass is 352 g/mol. The average molecular weight is 353 g/mol.